The maximum absolute atomic E-state index is 12.1. The van der Waals surface area contributed by atoms with Crippen LogP contribution in [0, 0.1) is 12.8 Å². The first-order valence-electron chi connectivity index (χ1n) is 6.99. The number of thiazole rings is 1. The number of likely N-dealkylation sites (tertiary alicyclic amines) is 1. The molecule has 1 atom stereocenters. The number of piperidine rings is 1. The first-order valence-corrected chi connectivity index (χ1v) is 7.81. The maximum atomic E-state index is 12.1. The van der Waals surface area contributed by atoms with E-state index in [4.69, 9.17) is 0 Å². The average molecular weight is 281 g/mol. The first-order chi connectivity index (χ1) is 9.06. The summed E-state index contributed by atoms with van der Waals surface area (Å²) in [6.07, 6.45) is 4.14. The summed E-state index contributed by atoms with van der Waals surface area (Å²) in [5.74, 6) is 0.973. The van der Waals surface area contributed by atoms with Crippen LogP contribution in [0.3, 0.4) is 0 Å². The highest BCUT2D eigenvalue weighted by molar-refractivity contribution is 7.11. The van der Waals surface area contributed by atoms with Crippen LogP contribution < -0.4 is 5.32 Å². The van der Waals surface area contributed by atoms with Crippen LogP contribution in [0.5, 0.6) is 0 Å². The van der Waals surface area contributed by atoms with Crippen molar-refractivity contribution in [1.29, 1.82) is 0 Å². The molecule has 0 saturated carbocycles. The van der Waals surface area contributed by atoms with Crippen LogP contribution in [0.1, 0.15) is 42.6 Å². The molecular weight excluding hydrogens is 258 g/mol. The van der Waals surface area contributed by atoms with Crippen LogP contribution in [0.15, 0.2) is 6.20 Å². The summed E-state index contributed by atoms with van der Waals surface area (Å²) in [5.41, 5.74) is 0. The van der Waals surface area contributed by atoms with Crippen LogP contribution in [-0.4, -0.2) is 35.4 Å². The fraction of sp³-hybridized carbons (Fsp3) is 0.714. The fourth-order valence-corrected chi connectivity index (χ4v) is 3.07. The van der Waals surface area contributed by atoms with Gasteiger partial charge in [-0.2, -0.15) is 0 Å². The third-order valence-electron chi connectivity index (χ3n) is 3.71. The second-order valence-electron chi connectivity index (χ2n) is 5.48. The smallest absolute Gasteiger partial charge is 0.236 e. The number of nitrogens with one attached hydrogen (secondary N) is 1. The van der Waals surface area contributed by atoms with E-state index in [9.17, 15) is 4.79 Å². The van der Waals surface area contributed by atoms with Gasteiger partial charge in [-0.1, -0.05) is 6.92 Å². The van der Waals surface area contributed by atoms with Crippen molar-refractivity contribution in [2.45, 2.75) is 39.7 Å². The number of amides is 1. The number of aryl methyl sites for hydroxylation is 1. The lowest BCUT2D eigenvalue weighted by molar-refractivity contribution is -0.131. The lowest BCUT2D eigenvalue weighted by Gasteiger charge is -2.30. The minimum atomic E-state index is 0.145. The van der Waals surface area contributed by atoms with E-state index in [0.29, 0.717) is 6.54 Å². The topological polar surface area (TPSA) is 45.2 Å². The number of nitrogens with zero attached hydrogens (tertiary/aromatic N) is 2. The van der Waals surface area contributed by atoms with Crippen LogP contribution in [-0.2, 0) is 4.79 Å². The molecule has 1 aliphatic rings. The summed E-state index contributed by atoms with van der Waals surface area (Å²) in [5, 5.41) is 4.33. The molecule has 4 nitrogen and oxygen atoms in total. The molecule has 106 valence electrons. The van der Waals surface area contributed by atoms with Gasteiger partial charge in [0.2, 0.25) is 5.91 Å². The molecule has 1 aromatic heterocycles. The van der Waals surface area contributed by atoms with Crippen molar-refractivity contribution in [2.24, 2.45) is 5.92 Å². The lowest BCUT2D eigenvalue weighted by Crippen LogP contribution is -2.43. The third-order valence-corrected chi connectivity index (χ3v) is 4.80. The molecule has 1 aliphatic heterocycles. The van der Waals surface area contributed by atoms with Crippen LogP contribution in [0.2, 0.25) is 0 Å². The minimum absolute atomic E-state index is 0.145. The summed E-state index contributed by atoms with van der Waals surface area (Å²) in [6, 6.07) is 0.145. The zero-order chi connectivity index (χ0) is 13.8. The molecule has 2 rings (SSSR count). The van der Waals surface area contributed by atoms with Crippen molar-refractivity contribution in [1.82, 2.24) is 15.2 Å². The Bertz CT molecular complexity index is 424. The van der Waals surface area contributed by atoms with Gasteiger partial charge in [-0.05, 0) is 32.6 Å². The molecule has 0 aromatic carbocycles. The zero-order valence-electron chi connectivity index (χ0n) is 12.0. The Morgan fingerprint density at radius 1 is 1.58 bits per heavy atom. The van der Waals surface area contributed by atoms with Gasteiger partial charge in [-0.25, -0.2) is 4.98 Å². The summed E-state index contributed by atoms with van der Waals surface area (Å²) >= 11 is 1.68. The van der Waals surface area contributed by atoms with Gasteiger partial charge in [0, 0.05) is 24.2 Å². The minimum Gasteiger partial charge on any atom is -0.342 e. The van der Waals surface area contributed by atoms with Crippen molar-refractivity contribution < 1.29 is 4.79 Å². The van der Waals surface area contributed by atoms with Gasteiger partial charge in [0.25, 0.3) is 0 Å². The van der Waals surface area contributed by atoms with Gasteiger partial charge in [0.1, 0.15) is 5.01 Å². The molecule has 1 amide bonds. The molecule has 1 fully saturated rings. The Balaban J connectivity index is 1.77. The number of rotatable bonds is 4. The Kier molecular flexibility index (Phi) is 4.93. The van der Waals surface area contributed by atoms with Crippen molar-refractivity contribution in [3.05, 3.63) is 16.1 Å². The first kappa shape index (κ1) is 14.5. The number of hydrogen-bond acceptors (Lipinski definition) is 4. The predicted molar refractivity (Wildman–Crippen MR) is 78.2 cm³/mol. The SMILES string of the molecule is Cc1cnc(C(C)NCC(=O)N2CCC(C)CC2)s1. The molecule has 1 N–H and O–H groups in total. The summed E-state index contributed by atoms with van der Waals surface area (Å²) in [7, 11) is 0. The van der Waals surface area contributed by atoms with E-state index in [1.54, 1.807) is 11.3 Å². The van der Waals surface area contributed by atoms with E-state index in [1.807, 2.05) is 18.0 Å². The highest BCUT2D eigenvalue weighted by Crippen LogP contribution is 2.19. The number of hydrogen-bond donors (Lipinski definition) is 1. The predicted octanol–water partition coefficient (Wildman–Crippen LogP) is 2.36. The van der Waals surface area contributed by atoms with Gasteiger partial charge in [0.05, 0.1) is 12.6 Å². The molecule has 5 heteroatoms. The second kappa shape index (κ2) is 6.48. The van der Waals surface area contributed by atoms with Crippen LogP contribution >= 0.6 is 11.3 Å². The third kappa shape index (κ3) is 4.01. The largest absolute Gasteiger partial charge is 0.342 e. The van der Waals surface area contributed by atoms with Crippen LogP contribution in [0.25, 0.3) is 0 Å². The van der Waals surface area contributed by atoms with Crippen molar-refractivity contribution in [2.75, 3.05) is 19.6 Å². The molecule has 1 unspecified atom stereocenters. The average Bonchev–Trinajstić information content (AvgIpc) is 2.83. The molecule has 0 spiro atoms. The number of carbonyl (C=O) groups excluding carboxylic acids is 1. The quantitative estimate of drug-likeness (QED) is 0.921. The Morgan fingerprint density at radius 3 is 2.84 bits per heavy atom. The van der Waals surface area contributed by atoms with Crippen molar-refractivity contribution in [3.8, 4) is 0 Å². The Morgan fingerprint density at radius 2 is 2.26 bits per heavy atom. The zero-order valence-corrected chi connectivity index (χ0v) is 12.8. The molecule has 1 aromatic rings. The molecule has 0 bridgehead atoms. The highest BCUT2D eigenvalue weighted by atomic mass is 32.1. The summed E-state index contributed by atoms with van der Waals surface area (Å²) in [4.78, 5) is 19.6. The van der Waals surface area contributed by atoms with Crippen LogP contribution in [0.4, 0.5) is 0 Å². The molecule has 2 heterocycles. The molecular formula is C14H23N3OS. The Hall–Kier alpha value is -0.940. The van der Waals surface area contributed by atoms with E-state index in [1.165, 1.54) is 4.88 Å². The lowest BCUT2D eigenvalue weighted by atomic mass is 9.99. The summed E-state index contributed by atoms with van der Waals surface area (Å²) in [6.45, 7) is 8.59. The van der Waals surface area contributed by atoms with E-state index >= 15 is 0 Å². The van der Waals surface area contributed by atoms with Crippen molar-refractivity contribution >= 4 is 17.2 Å². The standard InChI is InChI=1S/C14H23N3OS/c1-10-4-6-17(7-5-10)13(18)9-15-12(3)14-16-8-11(2)19-14/h8,10,12,15H,4-7,9H2,1-3H3. The number of aromatic nitrogens is 1. The van der Waals surface area contributed by atoms with Gasteiger partial charge < -0.3 is 4.90 Å². The molecule has 0 aliphatic carbocycles. The van der Waals surface area contributed by atoms with Crippen molar-refractivity contribution in [3.63, 3.8) is 0 Å². The van der Waals surface area contributed by atoms with E-state index in [0.717, 1.165) is 36.9 Å². The molecule has 0 radical (unpaired) electrons. The second-order valence-corrected chi connectivity index (χ2v) is 6.74. The van der Waals surface area contributed by atoms with Gasteiger partial charge in [-0.15, -0.1) is 11.3 Å². The van der Waals surface area contributed by atoms with E-state index in [-0.39, 0.29) is 11.9 Å². The summed E-state index contributed by atoms with van der Waals surface area (Å²) < 4.78 is 0. The highest BCUT2D eigenvalue weighted by Gasteiger charge is 2.20. The van der Waals surface area contributed by atoms with Gasteiger partial charge >= 0.3 is 0 Å². The van der Waals surface area contributed by atoms with Gasteiger partial charge in [0.15, 0.2) is 0 Å². The Labute approximate surface area is 119 Å². The number of carbonyl (C=O) groups is 1. The fourth-order valence-electron chi connectivity index (χ4n) is 2.27. The molecule has 1 saturated heterocycles. The normalized spacial score (nSPS) is 18.6. The monoisotopic (exact) mass is 281 g/mol. The molecule has 19 heavy (non-hydrogen) atoms. The maximum Gasteiger partial charge on any atom is 0.236 e. The van der Waals surface area contributed by atoms with E-state index < -0.39 is 0 Å². The van der Waals surface area contributed by atoms with Gasteiger partial charge in [-0.3, -0.25) is 10.1 Å². The van der Waals surface area contributed by atoms with E-state index in [2.05, 4.69) is 24.1 Å².